The van der Waals surface area contributed by atoms with Crippen molar-refractivity contribution in [1.82, 2.24) is 10.2 Å². The Kier molecular flexibility index (Phi) is 2.77. The van der Waals surface area contributed by atoms with Gasteiger partial charge in [0.05, 0.1) is 6.42 Å². The molecule has 0 aromatic rings. The van der Waals surface area contributed by atoms with Gasteiger partial charge in [-0.25, -0.2) is 0 Å². The van der Waals surface area contributed by atoms with Crippen molar-refractivity contribution >= 4 is 5.84 Å². The summed E-state index contributed by atoms with van der Waals surface area (Å²) in [5.41, 5.74) is 0.0106. The summed E-state index contributed by atoms with van der Waals surface area (Å²) in [6.07, 6.45) is 4.82. The van der Waals surface area contributed by atoms with Crippen molar-refractivity contribution in [3.63, 3.8) is 0 Å². The smallest absolute Gasteiger partial charge is 0.169 e. The summed E-state index contributed by atoms with van der Waals surface area (Å²) >= 11 is 0. The van der Waals surface area contributed by atoms with E-state index in [-0.39, 0.29) is 5.60 Å². The van der Waals surface area contributed by atoms with Gasteiger partial charge in [0.25, 0.3) is 0 Å². The Balaban J connectivity index is 1.67. The molecule has 3 rings (SSSR count). The third kappa shape index (κ3) is 1.92. The maximum atomic E-state index is 5.65. The lowest BCUT2D eigenvalue weighted by molar-refractivity contribution is -0.0559. The third-order valence-corrected chi connectivity index (χ3v) is 4.50. The number of hydrogen-bond acceptors (Lipinski definition) is 4. The van der Waals surface area contributed by atoms with Crippen molar-refractivity contribution in [3.8, 4) is 0 Å². The molecule has 1 N–H and O–H groups in total. The van der Waals surface area contributed by atoms with Crippen molar-refractivity contribution in [3.05, 3.63) is 0 Å². The van der Waals surface area contributed by atoms with Gasteiger partial charge in [-0.15, -0.1) is 0 Å². The van der Waals surface area contributed by atoms with Crippen LogP contribution >= 0.6 is 0 Å². The first-order valence-corrected chi connectivity index (χ1v) is 6.95. The van der Waals surface area contributed by atoms with E-state index < -0.39 is 0 Å². The number of likely N-dealkylation sites (tertiary alicyclic amines) is 1. The summed E-state index contributed by atoms with van der Waals surface area (Å²) < 4.78 is 0. The molecule has 2 saturated heterocycles. The molecule has 2 fully saturated rings. The summed E-state index contributed by atoms with van der Waals surface area (Å²) in [4.78, 5) is 8.15. The van der Waals surface area contributed by atoms with Crippen molar-refractivity contribution in [2.75, 3.05) is 19.6 Å². The summed E-state index contributed by atoms with van der Waals surface area (Å²) in [6, 6.07) is 0.671. The highest BCUT2D eigenvalue weighted by atomic mass is 16.7. The Morgan fingerprint density at radius 2 is 2.35 bits per heavy atom. The van der Waals surface area contributed by atoms with Gasteiger partial charge >= 0.3 is 0 Å². The Bertz CT molecular complexity index is 325. The van der Waals surface area contributed by atoms with Crippen LogP contribution < -0.4 is 5.32 Å². The monoisotopic (exact) mass is 237 g/mol. The minimum absolute atomic E-state index is 0.0106. The Morgan fingerprint density at radius 1 is 1.53 bits per heavy atom. The largest absolute Gasteiger partial charge is 0.385 e. The van der Waals surface area contributed by atoms with Crippen LogP contribution in [0.25, 0.3) is 0 Å². The Morgan fingerprint density at radius 3 is 2.94 bits per heavy atom. The van der Waals surface area contributed by atoms with Crippen LogP contribution in [0.2, 0.25) is 0 Å². The minimum atomic E-state index is 0.0106. The summed E-state index contributed by atoms with van der Waals surface area (Å²) in [5, 5.41) is 7.64. The molecule has 0 saturated carbocycles. The van der Waals surface area contributed by atoms with Crippen LogP contribution in [0, 0.1) is 5.92 Å². The molecule has 3 aliphatic heterocycles. The molecule has 4 heteroatoms. The molecule has 0 radical (unpaired) electrons. The topological polar surface area (TPSA) is 36.9 Å². The van der Waals surface area contributed by atoms with Gasteiger partial charge in [-0.2, -0.15) is 0 Å². The summed E-state index contributed by atoms with van der Waals surface area (Å²) in [5.74, 6) is 2.06. The number of nitrogens with zero attached hydrogens (tertiary/aromatic N) is 2. The zero-order valence-electron chi connectivity index (χ0n) is 10.9. The lowest BCUT2D eigenvalue weighted by Gasteiger charge is -2.40. The van der Waals surface area contributed by atoms with Crippen LogP contribution in [-0.2, 0) is 4.84 Å². The number of amidine groups is 1. The molecule has 1 spiro atoms. The van der Waals surface area contributed by atoms with Gasteiger partial charge in [-0.05, 0) is 25.2 Å². The van der Waals surface area contributed by atoms with Gasteiger partial charge in [0.1, 0.15) is 5.84 Å². The highest BCUT2D eigenvalue weighted by Gasteiger charge is 2.47. The van der Waals surface area contributed by atoms with Crippen molar-refractivity contribution in [2.24, 2.45) is 11.1 Å². The van der Waals surface area contributed by atoms with E-state index in [1.807, 2.05) is 0 Å². The first-order valence-electron chi connectivity index (χ1n) is 6.95. The fourth-order valence-electron chi connectivity index (χ4n) is 3.23. The zero-order valence-corrected chi connectivity index (χ0v) is 10.9. The van der Waals surface area contributed by atoms with E-state index in [2.05, 4.69) is 29.2 Å². The van der Waals surface area contributed by atoms with E-state index in [0.717, 1.165) is 32.0 Å². The van der Waals surface area contributed by atoms with Crippen LogP contribution in [0.1, 0.15) is 39.5 Å². The molecule has 0 aliphatic carbocycles. The molecule has 0 amide bonds. The highest BCUT2D eigenvalue weighted by molar-refractivity contribution is 5.84. The molecule has 0 aromatic heterocycles. The molecular formula is C13H23N3O. The molecule has 4 nitrogen and oxygen atoms in total. The Labute approximate surface area is 103 Å². The number of hydrogen-bond donors (Lipinski definition) is 1. The lowest BCUT2D eigenvalue weighted by atomic mass is 9.88. The third-order valence-electron chi connectivity index (χ3n) is 4.50. The van der Waals surface area contributed by atoms with Gasteiger partial charge < -0.3 is 15.1 Å². The number of oxime groups is 1. The standard InChI is InChI=1S/C13H23N3O/c1-3-11-6-10(2)4-5-16(11)12-7-13(17-15-12)8-14-9-13/h10-11,14H,3-9H2,1-2H3. The van der Waals surface area contributed by atoms with E-state index >= 15 is 0 Å². The first kappa shape index (κ1) is 11.3. The van der Waals surface area contributed by atoms with Gasteiger partial charge in [-0.3, -0.25) is 0 Å². The van der Waals surface area contributed by atoms with Gasteiger partial charge in [-0.1, -0.05) is 19.0 Å². The second kappa shape index (κ2) is 4.16. The van der Waals surface area contributed by atoms with Crippen LogP contribution in [0.15, 0.2) is 5.16 Å². The SMILES string of the molecule is CCC1CC(C)CCN1C1=NOC2(CNC2)C1. The van der Waals surface area contributed by atoms with Crippen LogP contribution in [-0.4, -0.2) is 42.0 Å². The van der Waals surface area contributed by atoms with Crippen LogP contribution in [0.4, 0.5) is 0 Å². The predicted octanol–water partition coefficient (Wildman–Crippen LogP) is 1.57. The molecule has 3 heterocycles. The van der Waals surface area contributed by atoms with Crippen LogP contribution in [0.3, 0.4) is 0 Å². The normalized spacial score (nSPS) is 35.4. The van der Waals surface area contributed by atoms with Gasteiger partial charge in [0.15, 0.2) is 5.60 Å². The quantitative estimate of drug-likeness (QED) is 0.752. The molecular weight excluding hydrogens is 214 g/mol. The van der Waals surface area contributed by atoms with Crippen molar-refractivity contribution in [1.29, 1.82) is 0 Å². The van der Waals surface area contributed by atoms with E-state index in [1.165, 1.54) is 25.1 Å². The molecule has 0 aromatic carbocycles. The van der Waals surface area contributed by atoms with Crippen molar-refractivity contribution in [2.45, 2.75) is 51.2 Å². The molecule has 17 heavy (non-hydrogen) atoms. The number of nitrogens with one attached hydrogen (secondary N) is 1. The van der Waals surface area contributed by atoms with E-state index in [1.54, 1.807) is 0 Å². The Hall–Kier alpha value is -0.770. The second-order valence-electron chi connectivity index (χ2n) is 5.95. The van der Waals surface area contributed by atoms with Gasteiger partial charge in [0.2, 0.25) is 0 Å². The maximum absolute atomic E-state index is 5.65. The molecule has 2 unspecified atom stereocenters. The number of rotatable bonds is 1. The maximum Gasteiger partial charge on any atom is 0.169 e. The molecule has 96 valence electrons. The summed E-state index contributed by atoms with van der Waals surface area (Å²) in [6.45, 7) is 7.73. The molecule has 0 bridgehead atoms. The predicted molar refractivity (Wildman–Crippen MR) is 67.9 cm³/mol. The molecule has 2 atom stereocenters. The number of piperidine rings is 1. The van der Waals surface area contributed by atoms with Gasteiger partial charge in [0, 0.05) is 25.7 Å². The van der Waals surface area contributed by atoms with E-state index in [4.69, 9.17) is 4.84 Å². The molecule has 3 aliphatic rings. The van der Waals surface area contributed by atoms with E-state index in [9.17, 15) is 0 Å². The van der Waals surface area contributed by atoms with Crippen molar-refractivity contribution < 1.29 is 4.84 Å². The highest BCUT2D eigenvalue weighted by Crippen LogP contribution is 2.33. The average molecular weight is 237 g/mol. The van der Waals surface area contributed by atoms with E-state index in [0.29, 0.717) is 6.04 Å². The fourth-order valence-corrected chi connectivity index (χ4v) is 3.23. The van der Waals surface area contributed by atoms with Crippen LogP contribution in [0.5, 0.6) is 0 Å². The lowest BCUT2D eigenvalue weighted by Crippen LogP contribution is -2.60. The minimum Gasteiger partial charge on any atom is -0.385 e. The zero-order chi connectivity index (χ0) is 11.9. The first-order chi connectivity index (χ1) is 8.22. The fraction of sp³-hybridized carbons (Fsp3) is 0.923. The average Bonchev–Trinajstić information content (AvgIpc) is 2.73. The summed E-state index contributed by atoms with van der Waals surface area (Å²) in [7, 11) is 0. The second-order valence-corrected chi connectivity index (χ2v) is 5.95.